The number of aliphatic hydroxyl groups excluding tert-OH is 1. The Labute approximate surface area is 92.7 Å². The highest BCUT2D eigenvalue weighted by atomic mass is 16.5. The number of rotatable bonds is 3. The highest BCUT2D eigenvalue weighted by Crippen LogP contribution is 2.44. The molecule has 0 saturated heterocycles. The van der Waals surface area contributed by atoms with Crippen molar-refractivity contribution in [1.82, 2.24) is 4.98 Å². The largest absolute Gasteiger partial charge is 0.481 e. The van der Waals surface area contributed by atoms with Crippen LogP contribution in [0.15, 0.2) is 18.3 Å². The van der Waals surface area contributed by atoms with E-state index >= 15 is 0 Å². The topological polar surface area (TPSA) is 79.7 Å². The van der Waals surface area contributed by atoms with Crippen LogP contribution in [-0.2, 0) is 10.2 Å². The summed E-state index contributed by atoms with van der Waals surface area (Å²) in [7, 11) is 1.48. The Morgan fingerprint density at radius 2 is 2.31 bits per heavy atom. The number of carboxylic acids is 1. The third-order valence-electron chi connectivity index (χ3n) is 3.07. The van der Waals surface area contributed by atoms with Crippen LogP contribution in [0.4, 0.5) is 0 Å². The summed E-state index contributed by atoms with van der Waals surface area (Å²) in [6, 6.07) is 3.27. The molecule has 1 aliphatic rings. The van der Waals surface area contributed by atoms with E-state index in [9.17, 15) is 15.0 Å². The minimum atomic E-state index is -0.977. The lowest BCUT2D eigenvalue weighted by Gasteiger charge is -2.42. The lowest BCUT2D eigenvalue weighted by atomic mass is 9.63. The molecule has 1 heterocycles. The molecule has 0 amide bonds. The van der Waals surface area contributed by atoms with Crippen LogP contribution in [0.1, 0.15) is 18.4 Å². The van der Waals surface area contributed by atoms with Gasteiger partial charge in [0.1, 0.15) is 0 Å². The molecule has 5 heteroatoms. The number of aliphatic carboxylic acids is 1. The summed E-state index contributed by atoms with van der Waals surface area (Å²) >= 11 is 0. The van der Waals surface area contributed by atoms with E-state index in [1.165, 1.54) is 13.3 Å². The van der Waals surface area contributed by atoms with Crippen LogP contribution in [-0.4, -0.2) is 34.4 Å². The van der Waals surface area contributed by atoms with Crippen molar-refractivity contribution in [2.75, 3.05) is 7.11 Å². The molecule has 0 spiro atoms. The maximum absolute atomic E-state index is 11.3. The smallest absolute Gasteiger partial charge is 0.314 e. The maximum atomic E-state index is 11.3. The molecular weight excluding hydrogens is 210 g/mol. The van der Waals surface area contributed by atoms with Crippen LogP contribution in [0.2, 0.25) is 0 Å². The number of aromatic nitrogens is 1. The molecule has 0 bridgehead atoms. The van der Waals surface area contributed by atoms with Crippen molar-refractivity contribution in [3.63, 3.8) is 0 Å². The highest BCUT2D eigenvalue weighted by Gasteiger charge is 2.51. The SMILES string of the molecule is COc1cc(C2(C(=O)O)CC(O)C2)ccn1. The normalized spacial score (nSPS) is 28.2. The average molecular weight is 223 g/mol. The number of aliphatic hydroxyl groups is 1. The van der Waals surface area contributed by atoms with Crippen molar-refractivity contribution in [3.8, 4) is 5.88 Å². The molecule has 1 aromatic rings. The van der Waals surface area contributed by atoms with Gasteiger partial charge in [-0.05, 0) is 24.5 Å². The number of hydrogen-bond donors (Lipinski definition) is 2. The third kappa shape index (κ3) is 1.53. The Bertz CT molecular complexity index is 412. The van der Waals surface area contributed by atoms with Gasteiger partial charge in [-0.3, -0.25) is 4.79 Å². The van der Waals surface area contributed by atoms with Gasteiger partial charge in [-0.25, -0.2) is 4.98 Å². The Kier molecular flexibility index (Phi) is 2.55. The van der Waals surface area contributed by atoms with E-state index in [-0.39, 0.29) is 12.8 Å². The molecule has 1 aliphatic carbocycles. The molecule has 5 nitrogen and oxygen atoms in total. The zero-order chi connectivity index (χ0) is 11.8. The van der Waals surface area contributed by atoms with Crippen LogP contribution in [0.5, 0.6) is 5.88 Å². The standard InChI is InChI=1S/C11H13NO4/c1-16-9-4-7(2-3-12-9)11(10(14)15)5-8(13)6-11/h2-4,8,13H,5-6H2,1H3,(H,14,15). The fraction of sp³-hybridized carbons (Fsp3) is 0.455. The van der Waals surface area contributed by atoms with Crippen LogP contribution >= 0.6 is 0 Å². The summed E-state index contributed by atoms with van der Waals surface area (Å²) in [5.74, 6) is -0.523. The molecule has 2 N–H and O–H groups in total. The van der Waals surface area contributed by atoms with Gasteiger partial charge in [-0.1, -0.05) is 0 Å². The third-order valence-corrected chi connectivity index (χ3v) is 3.07. The van der Waals surface area contributed by atoms with E-state index in [1.807, 2.05) is 0 Å². The Morgan fingerprint density at radius 3 is 2.81 bits per heavy atom. The highest BCUT2D eigenvalue weighted by molar-refractivity contribution is 5.83. The maximum Gasteiger partial charge on any atom is 0.314 e. The average Bonchev–Trinajstić information content (AvgIpc) is 2.24. The molecule has 16 heavy (non-hydrogen) atoms. The van der Waals surface area contributed by atoms with Crippen LogP contribution in [0.3, 0.4) is 0 Å². The lowest BCUT2D eigenvalue weighted by molar-refractivity contribution is -0.152. The number of ether oxygens (including phenoxy) is 1. The number of methoxy groups -OCH3 is 1. The van der Waals surface area contributed by atoms with Crippen molar-refractivity contribution in [3.05, 3.63) is 23.9 Å². The first kappa shape index (κ1) is 10.9. The molecule has 0 atom stereocenters. The number of carbonyl (C=O) groups is 1. The number of pyridine rings is 1. The monoisotopic (exact) mass is 223 g/mol. The predicted molar refractivity (Wildman–Crippen MR) is 55.3 cm³/mol. The second-order valence-corrected chi connectivity index (χ2v) is 4.04. The second-order valence-electron chi connectivity index (χ2n) is 4.04. The van der Waals surface area contributed by atoms with E-state index in [4.69, 9.17) is 4.74 Å². The van der Waals surface area contributed by atoms with Crippen LogP contribution in [0.25, 0.3) is 0 Å². The van der Waals surface area contributed by atoms with Crippen molar-refractivity contribution in [1.29, 1.82) is 0 Å². The van der Waals surface area contributed by atoms with Crippen LogP contribution in [0, 0.1) is 0 Å². The quantitative estimate of drug-likeness (QED) is 0.783. The number of hydrogen-bond acceptors (Lipinski definition) is 4. The van der Waals surface area contributed by atoms with Gasteiger partial charge in [0.15, 0.2) is 0 Å². The summed E-state index contributed by atoms with van der Waals surface area (Å²) in [5.41, 5.74) is -0.340. The van der Waals surface area contributed by atoms with Gasteiger partial charge < -0.3 is 14.9 Å². The number of nitrogens with zero attached hydrogens (tertiary/aromatic N) is 1. The molecule has 2 rings (SSSR count). The van der Waals surface area contributed by atoms with Crippen molar-refractivity contribution in [2.24, 2.45) is 0 Å². The first-order valence-electron chi connectivity index (χ1n) is 5.00. The Balaban J connectivity index is 2.37. The lowest BCUT2D eigenvalue weighted by Crippen LogP contribution is -2.50. The first-order chi connectivity index (χ1) is 7.58. The summed E-state index contributed by atoms with van der Waals surface area (Å²) in [6.07, 6.45) is 1.48. The van der Waals surface area contributed by atoms with E-state index < -0.39 is 17.5 Å². The minimum Gasteiger partial charge on any atom is -0.481 e. The van der Waals surface area contributed by atoms with Crippen molar-refractivity contribution in [2.45, 2.75) is 24.4 Å². The number of carboxylic acid groups (broad SMARTS) is 1. The zero-order valence-electron chi connectivity index (χ0n) is 8.88. The second kappa shape index (κ2) is 3.75. The van der Waals surface area contributed by atoms with Gasteiger partial charge >= 0.3 is 5.97 Å². The predicted octanol–water partition coefficient (Wildman–Crippen LogP) is 0.567. The van der Waals surface area contributed by atoms with Crippen molar-refractivity contribution < 1.29 is 19.7 Å². The zero-order valence-corrected chi connectivity index (χ0v) is 8.88. The van der Waals surface area contributed by atoms with E-state index in [2.05, 4.69) is 4.98 Å². The van der Waals surface area contributed by atoms with Gasteiger partial charge in [0.2, 0.25) is 5.88 Å². The van der Waals surface area contributed by atoms with Gasteiger partial charge in [0, 0.05) is 12.3 Å². The summed E-state index contributed by atoms with van der Waals surface area (Å²) in [6.45, 7) is 0. The molecule has 86 valence electrons. The molecule has 1 aromatic heterocycles. The van der Waals surface area contributed by atoms with Crippen LogP contribution < -0.4 is 4.74 Å². The fourth-order valence-corrected chi connectivity index (χ4v) is 2.10. The molecule has 1 saturated carbocycles. The van der Waals surface area contributed by atoms with Crippen molar-refractivity contribution >= 4 is 5.97 Å². The van der Waals surface area contributed by atoms with E-state index in [1.54, 1.807) is 12.1 Å². The fourth-order valence-electron chi connectivity index (χ4n) is 2.10. The molecule has 0 radical (unpaired) electrons. The Hall–Kier alpha value is -1.62. The molecular formula is C11H13NO4. The summed E-state index contributed by atoms with van der Waals surface area (Å²) in [4.78, 5) is 15.2. The van der Waals surface area contributed by atoms with Gasteiger partial charge in [-0.2, -0.15) is 0 Å². The van der Waals surface area contributed by atoms with Gasteiger partial charge in [-0.15, -0.1) is 0 Å². The Morgan fingerprint density at radius 1 is 1.62 bits per heavy atom. The van der Waals surface area contributed by atoms with Gasteiger partial charge in [0.05, 0.1) is 18.6 Å². The molecule has 0 unspecified atom stereocenters. The minimum absolute atomic E-state index is 0.246. The molecule has 0 aromatic carbocycles. The molecule has 1 fully saturated rings. The van der Waals surface area contributed by atoms with Gasteiger partial charge in [0.25, 0.3) is 0 Å². The van der Waals surface area contributed by atoms with E-state index in [0.29, 0.717) is 11.4 Å². The summed E-state index contributed by atoms with van der Waals surface area (Å²) in [5, 5.41) is 18.6. The first-order valence-corrected chi connectivity index (χ1v) is 5.00. The summed E-state index contributed by atoms with van der Waals surface area (Å²) < 4.78 is 4.96. The van der Waals surface area contributed by atoms with E-state index in [0.717, 1.165) is 0 Å². The molecule has 0 aliphatic heterocycles.